The zero-order valence-corrected chi connectivity index (χ0v) is 6.57. The van der Waals surface area contributed by atoms with Crippen LogP contribution >= 0.6 is 23.5 Å². The standard InChI is InChI=1S/C5H12S2.2CH4/c1-3-6-5-7-4-2;;/h3-5H2,1-2H3;2*1H4. The molecule has 0 aliphatic carbocycles. The highest BCUT2D eigenvalue weighted by Crippen LogP contribution is 2.09. The highest BCUT2D eigenvalue weighted by Gasteiger charge is 1.79. The Morgan fingerprint density at radius 2 is 1.22 bits per heavy atom. The quantitative estimate of drug-likeness (QED) is 0.463. The fraction of sp³-hybridized carbons (Fsp3) is 1.00. The smallest absolute Gasteiger partial charge is 0.0391 e. The minimum absolute atomic E-state index is 0. The first-order valence-corrected chi connectivity index (χ1v) is 4.88. The van der Waals surface area contributed by atoms with Gasteiger partial charge in [-0.3, -0.25) is 0 Å². The van der Waals surface area contributed by atoms with Crippen molar-refractivity contribution in [3.8, 4) is 0 Å². The van der Waals surface area contributed by atoms with Gasteiger partial charge < -0.3 is 0 Å². The largest absolute Gasteiger partial charge is 0.151 e. The van der Waals surface area contributed by atoms with Gasteiger partial charge in [0.1, 0.15) is 0 Å². The van der Waals surface area contributed by atoms with Crippen LogP contribution in [0.2, 0.25) is 0 Å². The topological polar surface area (TPSA) is 0 Å². The van der Waals surface area contributed by atoms with Crippen molar-refractivity contribution in [3.05, 3.63) is 0 Å². The molecule has 0 nitrogen and oxygen atoms in total. The molecule has 9 heavy (non-hydrogen) atoms. The zero-order chi connectivity index (χ0) is 5.54. The summed E-state index contributed by atoms with van der Waals surface area (Å²) in [7, 11) is 0. The average molecular weight is 168 g/mol. The van der Waals surface area contributed by atoms with Gasteiger partial charge in [-0.2, -0.15) is 23.5 Å². The Labute approximate surface area is 69.2 Å². The van der Waals surface area contributed by atoms with Crippen molar-refractivity contribution >= 4 is 23.5 Å². The summed E-state index contributed by atoms with van der Waals surface area (Å²) in [5, 5.41) is 1.27. The summed E-state index contributed by atoms with van der Waals surface area (Å²) >= 11 is 3.99. The van der Waals surface area contributed by atoms with Gasteiger partial charge in [0.05, 0.1) is 0 Å². The minimum atomic E-state index is 0. The van der Waals surface area contributed by atoms with E-state index in [1.807, 2.05) is 23.5 Å². The molecule has 60 valence electrons. The predicted octanol–water partition coefficient (Wildman–Crippen LogP) is 3.72. The van der Waals surface area contributed by atoms with E-state index in [0.717, 1.165) is 0 Å². The fourth-order valence-corrected chi connectivity index (χ4v) is 2.03. The van der Waals surface area contributed by atoms with Crippen LogP contribution in [0.4, 0.5) is 0 Å². The molecular weight excluding hydrogens is 148 g/mol. The van der Waals surface area contributed by atoms with Gasteiger partial charge in [-0.1, -0.05) is 28.7 Å². The minimum Gasteiger partial charge on any atom is -0.151 e. The van der Waals surface area contributed by atoms with Crippen molar-refractivity contribution in [2.75, 3.05) is 16.6 Å². The molecule has 0 fully saturated rings. The Balaban J connectivity index is -0.000000180. The van der Waals surface area contributed by atoms with Gasteiger partial charge in [0.25, 0.3) is 0 Å². The van der Waals surface area contributed by atoms with Crippen LogP contribution in [0.3, 0.4) is 0 Å². The van der Waals surface area contributed by atoms with Crippen LogP contribution in [0.25, 0.3) is 0 Å². The van der Waals surface area contributed by atoms with Crippen LogP contribution in [-0.4, -0.2) is 16.6 Å². The van der Waals surface area contributed by atoms with Gasteiger partial charge in [0.15, 0.2) is 0 Å². The van der Waals surface area contributed by atoms with Crippen LogP contribution < -0.4 is 0 Å². The van der Waals surface area contributed by atoms with E-state index in [1.165, 1.54) is 16.6 Å². The van der Waals surface area contributed by atoms with Crippen LogP contribution in [-0.2, 0) is 0 Å². The number of hydrogen-bond donors (Lipinski definition) is 0. The lowest BCUT2D eigenvalue weighted by atomic mass is 11.0. The maximum absolute atomic E-state index is 2.20. The van der Waals surface area contributed by atoms with Crippen molar-refractivity contribution in [3.63, 3.8) is 0 Å². The van der Waals surface area contributed by atoms with Gasteiger partial charge in [-0.25, -0.2) is 0 Å². The number of rotatable bonds is 4. The van der Waals surface area contributed by atoms with E-state index in [9.17, 15) is 0 Å². The summed E-state index contributed by atoms with van der Waals surface area (Å²) in [6.07, 6.45) is 0. The SMILES string of the molecule is C.C.CCSCSCC. The van der Waals surface area contributed by atoms with E-state index in [0.29, 0.717) is 0 Å². The van der Waals surface area contributed by atoms with Gasteiger partial charge in [-0.05, 0) is 11.5 Å². The first-order chi connectivity index (χ1) is 3.41. The third-order valence-electron chi connectivity index (χ3n) is 0.575. The van der Waals surface area contributed by atoms with E-state index < -0.39 is 0 Å². The molecule has 0 bridgehead atoms. The number of thioether (sulfide) groups is 2. The summed E-state index contributed by atoms with van der Waals surface area (Å²) < 4.78 is 0. The molecule has 0 saturated carbocycles. The first-order valence-electron chi connectivity index (χ1n) is 2.57. The molecule has 0 atom stereocenters. The van der Waals surface area contributed by atoms with E-state index in [-0.39, 0.29) is 14.9 Å². The van der Waals surface area contributed by atoms with Crippen molar-refractivity contribution in [1.29, 1.82) is 0 Å². The first kappa shape index (κ1) is 16.4. The second-order valence-electron chi connectivity index (χ2n) is 1.10. The lowest BCUT2D eigenvalue weighted by Crippen LogP contribution is -1.71. The van der Waals surface area contributed by atoms with Crippen LogP contribution in [0.1, 0.15) is 28.7 Å². The van der Waals surface area contributed by atoms with Crippen molar-refractivity contribution in [2.45, 2.75) is 28.7 Å². The molecular formula is C7H20S2. The summed E-state index contributed by atoms with van der Waals surface area (Å²) in [5.41, 5.74) is 0. The van der Waals surface area contributed by atoms with Gasteiger partial charge in [0.2, 0.25) is 0 Å². The van der Waals surface area contributed by atoms with E-state index in [1.54, 1.807) is 0 Å². The Kier molecular flexibility index (Phi) is 28.9. The molecule has 0 aromatic carbocycles. The Bertz CT molecular complexity index is 26.1. The predicted molar refractivity (Wildman–Crippen MR) is 54.6 cm³/mol. The molecule has 0 amide bonds. The third-order valence-corrected chi connectivity index (χ3v) is 2.72. The van der Waals surface area contributed by atoms with Crippen LogP contribution in [0.5, 0.6) is 0 Å². The second kappa shape index (κ2) is 15.9. The van der Waals surface area contributed by atoms with Crippen LogP contribution in [0.15, 0.2) is 0 Å². The maximum atomic E-state index is 2.20. The van der Waals surface area contributed by atoms with E-state index in [4.69, 9.17) is 0 Å². The molecule has 0 unspecified atom stereocenters. The lowest BCUT2D eigenvalue weighted by molar-refractivity contribution is 1.52. The number of hydrogen-bond acceptors (Lipinski definition) is 2. The molecule has 0 rings (SSSR count). The summed E-state index contributed by atoms with van der Waals surface area (Å²) in [6, 6.07) is 0. The molecule has 2 heteroatoms. The molecule has 0 spiro atoms. The van der Waals surface area contributed by atoms with Gasteiger partial charge in [0, 0.05) is 5.08 Å². The Morgan fingerprint density at radius 1 is 0.889 bits per heavy atom. The average Bonchev–Trinajstić information content (AvgIpc) is 1.69. The molecule has 0 aromatic rings. The van der Waals surface area contributed by atoms with E-state index >= 15 is 0 Å². The molecule has 0 N–H and O–H groups in total. The molecule has 0 aliphatic rings. The zero-order valence-electron chi connectivity index (χ0n) is 4.94. The fourth-order valence-electron chi connectivity index (χ4n) is 0.226. The monoisotopic (exact) mass is 168 g/mol. The molecule has 0 saturated heterocycles. The van der Waals surface area contributed by atoms with Gasteiger partial charge in [-0.15, -0.1) is 0 Å². The molecule has 0 heterocycles. The van der Waals surface area contributed by atoms with Crippen molar-refractivity contribution in [2.24, 2.45) is 0 Å². The second-order valence-corrected chi connectivity index (χ2v) is 4.02. The normalized spacial score (nSPS) is 7.33. The maximum Gasteiger partial charge on any atom is 0.0391 e. The summed E-state index contributed by atoms with van der Waals surface area (Å²) in [5.74, 6) is 2.51. The highest BCUT2D eigenvalue weighted by atomic mass is 32.2. The lowest BCUT2D eigenvalue weighted by Gasteiger charge is -1.91. The molecule has 0 radical (unpaired) electrons. The van der Waals surface area contributed by atoms with Gasteiger partial charge >= 0.3 is 0 Å². The van der Waals surface area contributed by atoms with Crippen LogP contribution in [0, 0.1) is 0 Å². The van der Waals surface area contributed by atoms with E-state index in [2.05, 4.69) is 13.8 Å². The molecule has 0 aliphatic heterocycles. The third kappa shape index (κ3) is 17.7. The summed E-state index contributed by atoms with van der Waals surface area (Å²) in [4.78, 5) is 0. The Morgan fingerprint density at radius 3 is 1.44 bits per heavy atom. The van der Waals surface area contributed by atoms with Crippen molar-refractivity contribution in [1.82, 2.24) is 0 Å². The Hall–Kier alpha value is 0.700. The van der Waals surface area contributed by atoms with Crippen molar-refractivity contribution < 1.29 is 0 Å². The highest BCUT2D eigenvalue weighted by molar-refractivity contribution is 8.15. The summed E-state index contributed by atoms with van der Waals surface area (Å²) in [6.45, 7) is 4.39. The molecule has 0 aromatic heterocycles.